The van der Waals surface area contributed by atoms with Crippen molar-refractivity contribution in [1.29, 1.82) is 0 Å². The van der Waals surface area contributed by atoms with Crippen LogP contribution < -0.4 is 14.8 Å². The van der Waals surface area contributed by atoms with Crippen LogP contribution >= 0.6 is 0 Å². The molecule has 29 heavy (non-hydrogen) atoms. The number of rotatable bonds is 9. The van der Waals surface area contributed by atoms with E-state index in [1.54, 1.807) is 18.2 Å². The second kappa shape index (κ2) is 10.5. The van der Waals surface area contributed by atoms with E-state index in [0.717, 1.165) is 5.56 Å². The molecular weight excluding hydrogens is 370 g/mol. The van der Waals surface area contributed by atoms with Crippen LogP contribution in [0.4, 0.5) is 5.69 Å². The van der Waals surface area contributed by atoms with E-state index in [-0.39, 0.29) is 6.61 Å². The van der Waals surface area contributed by atoms with Crippen LogP contribution in [0.15, 0.2) is 42.5 Å². The average Bonchev–Trinajstić information content (AvgIpc) is 2.67. The van der Waals surface area contributed by atoms with Gasteiger partial charge in [0.15, 0.2) is 12.7 Å². The van der Waals surface area contributed by atoms with Gasteiger partial charge in [-0.25, -0.2) is 4.79 Å². The van der Waals surface area contributed by atoms with Crippen LogP contribution in [-0.2, 0) is 14.3 Å². The van der Waals surface area contributed by atoms with Crippen LogP contribution in [0.1, 0.15) is 44.7 Å². The molecule has 2 rings (SSSR count). The van der Waals surface area contributed by atoms with Gasteiger partial charge < -0.3 is 19.5 Å². The minimum atomic E-state index is -0.967. The maximum Gasteiger partial charge on any atom is 0.344 e. The molecule has 1 unspecified atom stereocenters. The predicted molar refractivity (Wildman–Crippen MR) is 113 cm³/mol. The Bertz CT molecular complexity index is 847. The van der Waals surface area contributed by atoms with E-state index in [9.17, 15) is 9.59 Å². The number of ether oxygens (including phenoxy) is 3. The molecule has 0 saturated carbocycles. The lowest BCUT2D eigenvalue weighted by atomic mass is 9.98. The smallest absolute Gasteiger partial charge is 0.344 e. The summed E-state index contributed by atoms with van der Waals surface area (Å²) in [5, 5.41) is 2.72. The molecule has 0 aliphatic heterocycles. The highest BCUT2D eigenvalue weighted by Crippen LogP contribution is 2.24. The molecule has 1 amide bonds. The third-order valence-electron chi connectivity index (χ3n) is 4.34. The molecule has 2 aromatic carbocycles. The van der Waals surface area contributed by atoms with Crippen molar-refractivity contribution in [1.82, 2.24) is 0 Å². The number of hydrogen-bond acceptors (Lipinski definition) is 5. The van der Waals surface area contributed by atoms with E-state index in [1.165, 1.54) is 12.5 Å². The number of aryl methyl sites for hydroxylation is 1. The molecule has 0 heterocycles. The molecule has 1 N–H and O–H groups in total. The predicted octanol–water partition coefficient (Wildman–Crippen LogP) is 4.47. The van der Waals surface area contributed by atoms with E-state index in [4.69, 9.17) is 14.2 Å². The van der Waals surface area contributed by atoms with E-state index in [0.29, 0.717) is 29.7 Å². The van der Waals surface area contributed by atoms with Crippen LogP contribution in [0.3, 0.4) is 0 Å². The van der Waals surface area contributed by atoms with Crippen molar-refractivity contribution in [2.24, 2.45) is 0 Å². The molecule has 0 aliphatic carbocycles. The maximum absolute atomic E-state index is 12.3. The van der Waals surface area contributed by atoms with Gasteiger partial charge in [0, 0.05) is 0 Å². The summed E-state index contributed by atoms with van der Waals surface area (Å²) in [7, 11) is 0. The highest BCUT2D eigenvalue weighted by Gasteiger charge is 2.19. The van der Waals surface area contributed by atoms with Crippen LogP contribution in [0, 0.1) is 6.92 Å². The lowest BCUT2D eigenvalue weighted by molar-refractivity contribution is -0.155. The monoisotopic (exact) mass is 399 g/mol. The van der Waals surface area contributed by atoms with Gasteiger partial charge in [0.1, 0.15) is 11.5 Å². The van der Waals surface area contributed by atoms with Crippen molar-refractivity contribution in [3.63, 3.8) is 0 Å². The summed E-state index contributed by atoms with van der Waals surface area (Å²) in [5.41, 5.74) is 2.86. The van der Waals surface area contributed by atoms with Crippen molar-refractivity contribution < 1.29 is 23.8 Å². The van der Waals surface area contributed by atoms with Crippen molar-refractivity contribution >= 4 is 17.6 Å². The van der Waals surface area contributed by atoms with Crippen molar-refractivity contribution in [2.75, 3.05) is 18.5 Å². The first-order chi connectivity index (χ1) is 13.8. The van der Waals surface area contributed by atoms with Crippen LogP contribution in [-0.4, -0.2) is 31.2 Å². The van der Waals surface area contributed by atoms with Crippen molar-refractivity contribution in [3.8, 4) is 11.5 Å². The van der Waals surface area contributed by atoms with Gasteiger partial charge in [-0.2, -0.15) is 0 Å². The summed E-state index contributed by atoms with van der Waals surface area (Å²) < 4.78 is 16.2. The number of carbonyl (C=O) groups is 2. The van der Waals surface area contributed by atoms with Gasteiger partial charge in [0.25, 0.3) is 5.91 Å². The normalized spacial score (nSPS) is 11.7. The molecule has 0 radical (unpaired) electrons. The summed E-state index contributed by atoms with van der Waals surface area (Å²) >= 11 is 0. The third-order valence-corrected chi connectivity index (χ3v) is 4.34. The highest BCUT2D eigenvalue weighted by molar-refractivity contribution is 5.96. The van der Waals surface area contributed by atoms with Gasteiger partial charge in [0.05, 0.1) is 12.3 Å². The highest BCUT2D eigenvalue weighted by atomic mass is 16.6. The number of para-hydroxylation sites is 2. The number of nitrogens with one attached hydrogen (secondary N) is 1. The third kappa shape index (κ3) is 6.52. The Labute approximate surface area is 172 Å². The molecule has 1 atom stereocenters. The van der Waals surface area contributed by atoms with Crippen molar-refractivity contribution in [3.05, 3.63) is 53.6 Å². The number of amides is 1. The maximum atomic E-state index is 12.3. The molecule has 2 aromatic rings. The zero-order valence-corrected chi connectivity index (χ0v) is 17.7. The zero-order valence-electron chi connectivity index (χ0n) is 17.7. The van der Waals surface area contributed by atoms with E-state index in [2.05, 4.69) is 19.2 Å². The number of hydrogen-bond donors (Lipinski definition) is 1. The molecule has 0 aliphatic rings. The molecular formula is C23H29NO5. The standard InChI is InChI=1S/C23H29NO5/c1-6-27-21-10-8-7-9-20(21)24-23(26)17(5)29-22(25)14-28-18-11-12-19(15(2)3)16(4)13-18/h7-13,15,17H,6,14H2,1-5H3,(H,24,26). The number of anilines is 1. The molecule has 0 fully saturated rings. The Morgan fingerprint density at radius 2 is 1.76 bits per heavy atom. The van der Waals surface area contributed by atoms with E-state index in [1.807, 2.05) is 38.1 Å². The summed E-state index contributed by atoms with van der Waals surface area (Å²) in [5.74, 6) is 0.511. The molecule has 156 valence electrons. The minimum Gasteiger partial charge on any atom is -0.492 e. The van der Waals surface area contributed by atoms with Gasteiger partial charge in [-0.15, -0.1) is 0 Å². The zero-order chi connectivity index (χ0) is 21.4. The first-order valence-corrected chi connectivity index (χ1v) is 9.77. The van der Waals surface area contributed by atoms with Gasteiger partial charge in [-0.05, 0) is 62.1 Å². The quantitative estimate of drug-likeness (QED) is 0.630. The lowest BCUT2D eigenvalue weighted by Crippen LogP contribution is -2.31. The Hall–Kier alpha value is -3.02. The lowest BCUT2D eigenvalue weighted by Gasteiger charge is -2.16. The summed E-state index contributed by atoms with van der Waals surface area (Å²) in [6.45, 7) is 9.84. The Kier molecular flexibility index (Phi) is 8.07. The van der Waals surface area contributed by atoms with E-state index < -0.39 is 18.0 Å². The van der Waals surface area contributed by atoms with Crippen molar-refractivity contribution in [2.45, 2.75) is 46.6 Å². The molecule has 0 saturated heterocycles. The number of carbonyl (C=O) groups excluding carboxylic acids is 2. The largest absolute Gasteiger partial charge is 0.492 e. The molecule has 6 heteroatoms. The van der Waals surface area contributed by atoms with Crippen LogP contribution in [0.25, 0.3) is 0 Å². The Balaban J connectivity index is 1.87. The van der Waals surface area contributed by atoms with Crippen LogP contribution in [0.5, 0.6) is 11.5 Å². The Morgan fingerprint density at radius 3 is 2.41 bits per heavy atom. The first kappa shape index (κ1) is 22.3. The van der Waals surface area contributed by atoms with Gasteiger partial charge >= 0.3 is 5.97 Å². The summed E-state index contributed by atoms with van der Waals surface area (Å²) in [6, 6.07) is 12.8. The molecule has 0 aromatic heterocycles. The minimum absolute atomic E-state index is 0.270. The SMILES string of the molecule is CCOc1ccccc1NC(=O)C(C)OC(=O)COc1ccc(C(C)C)c(C)c1. The fraction of sp³-hybridized carbons (Fsp3) is 0.391. The second-order valence-electron chi connectivity index (χ2n) is 7.01. The van der Waals surface area contributed by atoms with E-state index >= 15 is 0 Å². The molecule has 0 spiro atoms. The van der Waals surface area contributed by atoms with Gasteiger partial charge in [-0.1, -0.05) is 32.0 Å². The molecule has 6 nitrogen and oxygen atoms in total. The second-order valence-corrected chi connectivity index (χ2v) is 7.01. The topological polar surface area (TPSA) is 73.9 Å². The van der Waals surface area contributed by atoms with Gasteiger partial charge in [0.2, 0.25) is 0 Å². The number of esters is 1. The van der Waals surface area contributed by atoms with Crippen LogP contribution in [0.2, 0.25) is 0 Å². The fourth-order valence-corrected chi connectivity index (χ4v) is 2.90. The number of benzene rings is 2. The fourth-order valence-electron chi connectivity index (χ4n) is 2.90. The van der Waals surface area contributed by atoms with Gasteiger partial charge in [-0.3, -0.25) is 4.79 Å². The first-order valence-electron chi connectivity index (χ1n) is 9.77. The Morgan fingerprint density at radius 1 is 1.03 bits per heavy atom. The average molecular weight is 399 g/mol. The molecule has 0 bridgehead atoms. The summed E-state index contributed by atoms with van der Waals surface area (Å²) in [4.78, 5) is 24.4. The summed E-state index contributed by atoms with van der Waals surface area (Å²) in [6.07, 6.45) is -0.967.